The Hall–Kier alpha value is -4.88. The number of urea groups is 1. The molecule has 3 rings (SSSR count). The van der Waals surface area contributed by atoms with E-state index < -0.39 is 41.4 Å². The summed E-state index contributed by atoms with van der Waals surface area (Å²) in [7, 11) is 2.63. The molecule has 0 saturated carbocycles. The molecule has 14 nitrogen and oxygen atoms in total. The number of hydrogen-bond donors (Lipinski definition) is 3. The molecule has 0 unspecified atom stereocenters. The van der Waals surface area contributed by atoms with Crippen LogP contribution in [0.5, 0.6) is 11.5 Å². The summed E-state index contributed by atoms with van der Waals surface area (Å²) in [4.78, 5) is 46.1. The maximum atomic E-state index is 12.3. The number of methoxy groups -OCH3 is 2. The van der Waals surface area contributed by atoms with Crippen molar-refractivity contribution in [2.24, 2.45) is 5.10 Å². The van der Waals surface area contributed by atoms with Crippen LogP contribution >= 0.6 is 0 Å². The summed E-state index contributed by atoms with van der Waals surface area (Å²) in [5.41, 5.74) is 3.29. The molecule has 2 heterocycles. The largest absolute Gasteiger partial charge is 0.493 e. The van der Waals surface area contributed by atoms with E-state index in [1.54, 1.807) is 19.1 Å². The van der Waals surface area contributed by atoms with Gasteiger partial charge in [0.05, 0.1) is 38.1 Å². The van der Waals surface area contributed by atoms with E-state index in [1.807, 2.05) is 0 Å². The Morgan fingerprint density at radius 1 is 1.26 bits per heavy atom. The van der Waals surface area contributed by atoms with Gasteiger partial charge in [0.2, 0.25) is 0 Å². The molecule has 0 spiro atoms. The molecule has 14 heteroatoms. The van der Waals surface area contributed by atoms with Crippen LogP contribution in [0.3, 0.4) is 0 Å². The molecular weight excluding hydrogens is 466 g/mol. The molecule has 2 aromatic rings. The molecule has 0 saturated heterocycles. The highest BCUT2D eigenvalue weighted by Gasteiger charge is 2.32. The number of allylic oxidation sites excluding steroid dienone is 1. The predicted octanol–water partition coefficient (Wildman–Crippen LogP) is 1.53. The minimum Gasteiger partial charge on any atom is -0.493 e. The maximum Gasteiger partial charge on any atom is 0.433 e. The van der Waals surface area contributed by atoms with Gasteiger partial charge in [-0.2, -0.15) is 5.10 Å². The molecule has 1 aliphatic rings. The normalized spacial score (nSPS) is 15.3. The Morgan fingerprint density at radius 3 is 2.69 bits per heavy atom. The summed E-state index contributed by atoms with van der Waals surface area (Å²) < 4.78 is 20.5. The number of carbonyl (C=O) groups excluding carboxylic acids is 3. The Morgan fingerprint density at radius 2 is 2.03 bits per heavy atom. The standard InChI is InChI=1S/C21H21N5O9/c1-11-18(20(28)33-3)19(24-21(29)23-11)12-4-6-14(15(8-12)32-2)34-10-16(27)25-22-9-13-5-7-17(35-13)26(30)31/h4-9,19H,10H2,1-3H3,(H,25,27)(H2,23,24,29)/b22-9-/t19-/m0/s1. The number of nitrogens with zero attached hydrogens (tertiary/aromatic N) is 2. The molecule has 0 bridgehead atoms. The number of furan rings is 1. The van der Waals surface area contributed by atoms with Gasteiger partial charge in [0.25, 0.3) is 5.91 Å². The van der Waals surface area contributed by atoms with E-state index in [2.05, 4.69) is 21.2 Å². The summed E-state index contributed by atoms with van der Waals surface area (Å²) in [6, 6.07) is 5.87. The third kappa shape index (κ3) is 5.93. The fourth-order valence-corrected chi connectivity index (χ4v) is 3.16. The summed E-state index contributed by atoms with van der Waals surface area (Å²) in [6.07, 6.45) is 1.10. The number of nitro groups is 1. The summed E-state index contributed by atoms with van der Waals surface area (Å²) in [6.45, 7) is 1.16. The highest BCUT2D eigenvalue weighted by molar-refractivity contribution is 5.95. The van der Waals surface area contributed by atoms with E-state index in [0.717, 1.165) is 12.3 Å². The van der Waals surface area contributed by atoms with E-state index in [-0.39, 0.29) is 22.8 Å². The van der Waals surface area contributed by atoms with Gasteiger partial charge in [-0.3, -0.25) is 14.9 Å². The zero-order valence-electron chi connectivity index (χ0n) is 18.8. The van der Waals surface area contributed by atoms with Crippen LogP contribution in [0.2, 0.25) is 0 Å². The van der Waals surface area contributed by atoms with Crippen molar-refractivity contribution in [2.75, 3.05) is 20.8 Å². The lowest BCUT2D eigenvalue weighted by Crippen LogP contribution is -2.45. The second kappa shape index (κ2) is 10.8. The molecule has 1 aliphatic heterocycles. The van der Waals surface area contributed by atoms with Gasteiger partial charge in [0, 0.05) is 5.70 Å². The van der Waals surface area contributed by atoms with E-state index in [9.17, 15) is 24.5 Å². The molecule has 184 valence electrons. The number of benzene rings is 1. The van der Waals surface area contributed by atoms with Crippen molar-refractivity contribution in [1.29, 1.82) is 0 Å². The van der Waals surface area contributed by atoms with E-state index in [0.29, 0.717) is 11.3 Å². The Balaban J connectivity index is 1.67. The lowest BCUT2D eigenvalue weighted by atomic mass is 9.95. The van der Waals surface area contributed by atoms with Crippen LogP contribution in [0.1, 0.15) is 24.3 Å². The third-order valence-electron chi connectivity index (χ3n) is 4.73. The zero-order chi connectivity index (χ0) is 25.5. The zero-order valence-corrected chi connectivity index (χ0v) is 18.8. The lowest BCUT2D eigenvalue weighted by Gasteiger charge is -2.28. The van der Waals surface area contributed by atoms with Gasteiger partial charge in [0.1, 0.15) is 4.92 Å². The first kappa shape index (κ1) is 24.8. The van der Waals surface area contributed by atoms with Crippen molar-refractivity contribution in [1.82, 2.24) is 16.1 Å². The fraction of sp³-hybridized carbons (Fsp3) is 0.238. The maximum absolute atomic E-state index is 12.3. The van der Waals surface area contributed by atoms with E-state index in [4.69, 9.17) is 18.6 Å². The number of hydrogen-bond acceptors (Lipinski definition) is 10. The minimum atomic E-state index is -0.797. The molecule has 1 aromatic heterocycles. The molecule has 1 atom stereocenters. The number of carbonyl (C=O) groups is 3. The molecule has 1 aromatic carbocycles. The van der Waals surface area contributed by atoms with Crippen molar-refractivity contribution >= 4 is 30.0 Å². The SMILES string of the molecule is COC(=O)C1=C(C)NC(=O)N[C@H]1c1ccc(OCC(=O)N/N=C\c2ccc([N+](=O)[O-])o2)c(OC)c1. The number of esters is 1. The number of rotatable bonds is 9. The van der Waals surface area contributed by atoms with Crippen LogP contribution in [-0.2, 0) is 14.3 Å². The van der Waals surface area contributed by atoms with Crippen molar-refractivity contribution in [2.45, 2.75) is 13.0 Å². The van der Waals surface area contributed by atoms with Crippen molar-refractivity contribution in [3.8, 4) is 11.5 Å². The molecule has 0 radical (unpaired) electrons. The van der Waals surface area contributed by atoms with Crippen LogP contribution in [-0.4, -0.2) is 49.9 Å². The van der Waals surface area contributed by atoms with Gasteiger partial charge < -0.3 is 29.3 Å². The monoisotopic (exact) mass is 487 g/mol. The highest BCUT2D eigenvalue weighted by Crippen LogP contribution is 2.34. The van der Waals surface area contributed by atoms with Crippen LogP contribution < -0.4 is 25.5 Å². The van der Waals surface area contributed by atoms with E-state index >= 15 is 0 Å². The molecular formula is C21H21N5O9. The summed E-state index contributed by atoms with van der Waals surface area (Å²) in [5, 5.41) is 19.4. The number of nitrogens with one attached hydrogen (secondary N) is 3. The van der Waals surface area contributed by atoms with Gasteiger partial charge in [-0.25, -0.2) is 15.0 Å². The first-order valence-corrected chi connectivity index (χ1v) is 9.97. The average Bonchev–Trinajstić information content (AvgIpc) is 3.31. The van der Waals surface area contributed by atoms with E-state index in [1.165, 1.54) is 26.4 Å². The molecule has 0 aliphatic carbocycles. The van der Waals surface area contributed by atoms with Gasteiger partial charge in [-0.15, -0.1) is 0 Å². The fourth-order valence-electron chi connectivity index (χ4n) is 3.16. The van der Waals surface area contributed by atoms with Gasteiger partial charge in [0.15, 0.2) is 23.9 Å². The Labute approximate surface area is 198 Å². The lowest BCUT2D eigenvalue weighted by molar-refractivity contribution is -0.402. The molecule has 3 N–H and O–H groups in total. The Kier molecular flexibility index (Phi) is 7.66. The molecule has 35 heavy (non-hydrogen) atoms. The van der Waals surface area contributed by atoms with Gasteiger partial charge >= 0.3 is 17.9 Å². The number of ether oxygens (including phenoxy) is 3. The van der Waals surface area contributed by atoms with Crippen LogP contribution in [0.25, 0.3) is 0 Å². The first-order valence-electron chi connectivity index (χ1n) is 9.97. The Bertz CT molecular complexity index is 1220. The highest BCUT2D eigenvalue weighted by atomic mass is 16.6. The molecule has 0 fully saturated rings. The van der Waals surface area contributed by atoms with Crippen LogP contribution in [0.4, 0.5) is 10.7 Å². The molecule has 3 amide bonds. The third-order valence-corrected chi connectivity index (χ3v) is 4.73. The smallest absolute Gasteiger partial charge is 0.433 e. The second-order valence-electron chi connectivity index (χ2n) is 6.99. The number of amides is 3. The van der Waals surface area contributed by atoms with Crippen LogP contribution in [0.15, 0.2) is 51.1 Å². The topological polar surface area (TPSA) is 184 Å². The summed E-state index contributed by atoms with van der Waals surface area (Å²) >= 11 is 0. The first-order chi connectivity index (χ1) is 16.7. The average molecular weight is 487 g/mol. The van der Waals surface area contributed by atoms with Crippen molar-refractivity contribution in [3.63, 3.8) is 0 Å². The van der Waals surface area contributed by atoms with Crippen LogP contribution in [0, 0.1) is 10.1 Å². The number of hydrazone groups is 1. The predicted molar refractivity (Wildman–Crippen MR) is 119 cm³/mol. The summed E-state index contributed by atoms with van der Waals surface area (Å²) in [5.74, 6) is -1.14. The van der Waals surface area contributed by atoms with Crippen molar-refractivity contribution < 1.29 is 37.9 Å². The second-order valence-corrected chi connectivity index (χ2v) is 6.99. The quantitative estimate of drug-likeness (QED) is 0.204. The minimum absolute atomic E-state index is 0.0794. The van der Waals surface area contributed by atoms with Crippen molar-refractivity contribution in [3.05, 3.63) is 63.0 Å². The van der Waals surface area contributed by atoms with Gasteiger partial charge in [-0.1, -0.05) is 6.07 Å². The van der Waals surface area contributed by atoms with Gasteiger partial charge in [-0.05, 0) is 30.7 Å².